The zero-order valence-electron chi connectivity index (χ0n) is 12.1. The summed E-state index contributed by atoms with van der Waals surface area (Å²) in [6, 6.07) is 5.52. The van der Waals surface area contributed by atoms with Crippen LogP contribution in [0, 0.1) is 0 Å². The Morgan fingerprint density at radius 2 is 2.14 bits per heavy atom. The fourth-order valence-electron chi connectivity index (χ4n) is 2.95. The van der Waals surface area contributed by atoms with Crippen molar-refractivity contribution in [3.05, 3.63) is 30.7 Å². The predicted molar refractivity (Wildman–Crippen MR) is 77.4 cm³/mol. The SMILES string of the molecule is CO[C@H]1CO[C@@H]2[C@@H]1OC[C@@H]2Nc1nccc(-c2ccco2)n1. The molecule has 2 aromatic rings. The summed E-state index contributed by atoms with van der Waals surface area (Å²) in [5, 5.41) is 3.29. The predicted octanol–water partition coefficient (Wildman–Crippen LogP) is 1.33. The number of furan rings is 1. The van der Waals surface area contributed by atoms with E-state index in [1.165, 1.54) is 0 Å². The van der Waals surface area contributed by atoms with Crippen LogP contribution >= 0.6 is 0 Å². The molecular formula is C15H17N3O4. The zero-order valence-corrected chi connectivity index (χ0v) is 12.1. The van der Waals surface area contributed by atoms with E-state index in [2.05, 4.69) is 15.3 Å². The molecule has 116 valence electrons. The smallest absolute Gasteiger partial charge is 0.223 e. The van der Waals surface area contributed by atoms with Crippen LogP contribution in [0.5, 0.6) is 0 Å². The maximum atomic E-state index is 5.78. The molecule has 0 bridgehead atoms. The Balaban J connectivity index is 1.49. The van der Waals surface area contributed by atoms with Crippen LogP contribution in [-0.4, -0.2) is 54.6 Å². The van der Waals surface area contributed by atoms with E-state index in [0.717, 1.165) is 5.69 Å². The highest BCUT2D eigenvalue weighted by molar-refractivity contribution is 5.53. The number of anilines is 1. The van der Waals surface area contributed by atoms with Gasteiger partial charge in [0.25, 0.3) is 0 Å². The molecule has 1 N–H and O–H groups in total. The molecule has 2 saturated heterocycles. The lowest BCUT2D eigenvalue weighted by molar-refractivity contribution is -0.00757. The van der Waals surface area contributed by atoms with Gasteiger partial charge in [-0.2, -0.15) is 0 Å². The highest BCUT2D eigenvalue weighted by Crippen LogP contribution is 2.30. The molecule has 7 nitrogen and oxygen atoms in total. The van der Waals surface area contributed by atoms with E-state index in [-0.39, 0.29) is 24.4 Å². The minimum Gasteiger partial charge on any atom is -0.463 e. The van der Waals surface area contributed by atoms with Gasteiger partial charge in [0.05, 0.1) is 25.5 Å². The topological polar surface area (TPSA) is 78.6 Å². The lowest BCUT2D eigenvalue weighted by Gasteiger charge is -2.17. The van der Waals surface area contributed by atoms with E-state index in [1.54, 1.807) is 19.6 Å². The van der Waals surface area contributed by atoms with Crippen LogP contribution < -0.4 is 5.32 Å². The number of nitrogens with one attached hydrogen (secondary N) is 1. The fourth-order valence-corrected chi connectivity index (χ4v) is 2.95. The van der Waals surface area contributed by atoms with E-state index >= 15 is 0 Å². The van der Waals surface area contributed by atoms with Crippen molar-refractivity contribution in [2.24, 2.45) is 0 Å². The molecule has 4 heterocycles. The number of hydrogen-bond acceptors (Lipinski definition) is 7. The van der Waals surface area contributed by atoms with Crippen LogP contribution in [-0.2, 0) is 14.2 Å². The van der Waals surface area contributed by atoms with Crippen molar-refractivity contribution in [1.82, 2.24) is 9.97 Å². The highest BCUT2D eigenvalue weighted by atomic mass is 16.6. The average Bonchev–Trinajstić information content (AvgIpc) is 3.26. The first-order chi connectivity index (χ1) is 10.8. The second-order valence-electron chi connectivity index (χ2n) is 5.36. The summed E-state index contributed by atoms with van der Waals surface area (Å²) in [6.45, 7) is 1.10. The van der Waals surface area contributed by atoms with Crippen molar-refractivity contribution in [2.45, 2.75) is 24.4 Å². The van der Waals surface area contributed by atoms with Gasteiger partial charge in [0.1, 0.15) is 24.0 Å². The number of nitrogens with zero attached hydrogens (tertiary/aromatic N) is 2. The molecule has 2 fully saturated rings. The third-order valence-corrected chi connectivity index (χ3v) is 4.05. The van der Waals surface area contributed by atoms with E-state index in [9.17, 15) is 0 Å². The molecule has 4 rings (SSSR count). The Bertz CT molecular complexity index is 633. The number of aromatic nitrogens is 2. The zero-order chi connectivity index (χ0) is 14.9. The van der Waals surface area contributed by atoms with E-state index < -0.39 is 0 Å². The lowest BCUT2D eigenvalue weighted by Crippen LogP contribution is -2.36. The molecule has 0 unspecified atom stereocenters. The standard InChI is InChI=1S/C15H17N3O4/c1-19-12-8-22-13-10(7-21-14(12)13)18-15-16-5-4-9(17-15)11-3-2-6-20-11/h2-6,10,12-14H,7-8H2,1H3,(H,16,17,18)/t10-,12-,13-,14+/m0/s1. The van der Waals surface area contributed by atoms with Crippen molar-refractivity contribution in [2.75, 3.05) is 25.6 Å². The molecule has 0 aromatic carbocycles. The first kappa shape index (κ1) is 13.7. The fraction of sp³-hybridized carbons (Fsp3) is 0.467. The highest BCUT2D eigenvalue weighted by Gasteiger charge is 2.48. The Labute approximate surface area is 127 Å². The molecule has 0 spiro atoms. The van der Waals surface area contributed by atoms with Crippen LogP contribution in [0.3, 0.4) is 0 Å². The maximum Gasteiger partial charge on any atom is 0.223 e. The van der Waals surface area contributed by atoms with Crippen molar-refractivity contribution in [1.29, 1.82) is 0 Å². The van der Waals surface area contributed by atoms with Crippen LogP contribution in [0.2, 0.25) is 0 Å². The quantitative estimate of drug-likeness (QED) is 0.912. The summed E-state index contributed by atoms with van der Waals surface area (Å²) in [6.07, 6.45) is 3.24. The molecule has 0 saturated carbocycles. The molecule has 22 heavy (non-hydrogen) atoms. The van der Waals surface area contributed by atoms with Gasteiger partial charge in [-0.1, -0.05) is 0 Å². The van der Waals surface area contributed by atoms with Crippen LogP contribution in [0.15, 0.2) is 35.1 Å². The third kappa shape index (κ3) is 2.37. The minimum absolute atomic E-state index is 0.00725. The first-order valence-electron chi connectivity index (χ1n) is 7.24. The van der Waals surface area contributed by atoms with Gasteiger partial charge in [0.2, 0.25) is 5.95 Å². The second kappa shape index (κ2) is 5.68. The molecule has 0 amide bonds. The maximum absolute atomic E-state index is 5.78. The van der Waals surface area contributed by atoms with Gasteiger partial charge >= 0.3 is 0 Å². The van der Waals surface area contributed by atoms with E-state index in [0.29, 0.717) is 24.9 Å². The molecule has 2 aliphatic heterocycles. The molecular weight excluding hydrogens is 286 g/mol. The normalized spacial score (nSPS) is 30.4. The molecule has 0 radical (unpaired) electrons. The summed E-state index contributed by atoms with van der Waals surface area (Å²) in [5.74, 6) is 1.25. The van der Waals surface area contributed by atoms with Crippen molar-refractivity contribution in [3.63, 3.8) is 0 Å². The molecule has 0 aliphatic carbocycles. The Kier molecular flexibility index (Phi) is 3.53. The molecule has 4 atom stereocenters. The Hall–Kier alpha value is -1.96. The average molecular weight is 303 g/mol. The molecule has 2 aliphatic rings. The van der Waals surface area contributed by atoms with Crippen LogP contribution in [0.25, 0.3) is 11.5 Å². The number of rotatable bonds is 4. The van der Waals surface area contributed by atoms with Crippen molar-refractivity contribution >= 4 is 5.95 Å². The lowest BCUT2D eigenvalue weighted by atomic mass is 10.1. The summed E-state index contributed by atoms with van der Waals surface area (Å²) >= 11 is 0. The Morgan fingerprint density at radius 1 is 1.23 bits per heavy atom. The monoisotopic (exact) mass is 303 g/mol. The van der Waals surface area contributed by atoms with Gasteiger partial charge in [-0.05, 0) is 18.2 Å². The third-order valence-electron chi connectivity index (χ3n) is 4.05. The van der Waals surface area contributed by atoms with Crippen molar-refractivity contribution in [3.8, 4) is 11.5 Å². The number of fused-ring (bicyclic) bond motifs is 1. The Morgan fingerprint density at radius 3 is 2.95 bits per heavy atom. The minimum atomic E-state index is -0.0409. The number of methoxy groups -OCH3 is 1. The van der Waals surface area contributed by atoms with Gasteiger partial charge < -0.3 is 23.9 Å². The van der Waals surface area contributed by atoms with Gasteiger partial charge in [0, 0.05) is 13.3 Å². The summed E-state index contributed by atoms with van der Waals surface area (Å²) < 4.78 is 22.3. The van der Waals surface area contributed by atoms with Crippen LogP contribution in [0.1, 0.15) is 0 Å². The summed E-state index contributed by atoms with van der Waals surface area (Å²) in [7, 11) is 1.68. The van der Waals surface area contributed by atoms with Crippen molar-refractivity contribution < 1.29 is 18.6 Å². The molecule has 2 aromatic heterocycles. The van der Waals surface area contributed by atoms with Gasteiger partial charge in [0.15, 0.2) is 5.76 Å². The van der Waals surface area contributed by atoms with Gasteiger partial charge in [-0.15, -0.1) is 0 Å². The number of ether oxygens (including phenoxy) is 3. The summed E-state index contributed by atoms with van der Waals surface area (Å²) in [4.78, 5) is 8.73. The number of hydrogen-bond donors (Lipinski definition) is 1. The van der Waals surface area contributed by atoms with Gasteiger partial charge in [-0.3, -0.25) is 0 Å². The van der Waals surface area contributed by atoms with E-state index in [4.69, 9.17) is 18.6 Å². The molecule has 7 heteroatoms. The van der Waals surface area contributed by atoms with Gasteiger partial charge in [-0.25, -0.2) is 9.97 Å². The second-order valence-corrected chi connectivity index (χ2v) is 5.36. The first-order valence-corrected chi connectivity index (χ1v) is 7.24. The van der Waals surface area contributed by atoms with E-state index in [1.807, 2.05) is 18.2 Å². The largest absolute Gasteiger partial charge is 0.463 e. The van der Waals surface area contributed by atoms with Crippen LogP contribution in [0.4, 0.5) is 5.95 Å². The summed E-state index contributed by atoms with van der Waals surface area (Å²) in [5.41, 5.74) is 0.736.